The summed E-state index contributed by atoms with van der Waals surface area (Å²) in [6.45, 7) is 8.95. The summed E-state index contributed by atoms with van der Waals surface area (Å²) < 4.78 is 8.60. The van der Waals surface area contributed by atoms with Crippen LogP contribution in [0.25, 0.3) is 0 Å². The third kappa shape index (κ3) is 2.71. The molecule has 0 bridgehead atoms. The van der Waals surface area contributed by atoms with E-state index in [2.05, 4.69) is 30.1 Å². The van der Waals surface area contributed by atoms with Gasteiger partial charge in [-0.1, -0.05) is 12.1 Å². The van der Waals surface area contributed by atoms with Crippen molar-refractivity contribution in [3.63, 3.8) is 0 Å². The van der Waals surface area contributed by atoms with Crippen LogP contribution in [0.4, 0.5) is 0 Å². The molecule has 0 saturated carbocycles. The van der Waals surface area contributed by atoms with Crippen molar-refractivity contribution in [1.29, 1.82) is 0 Å². The summed E-state index contributed by atoms with van der Waals surface area (Å²) in [4.78, 5) is 0. The maximum atomic E-state index is 6.02. The molecule has 0 spiro atoms. The van der Waals surface area contributed by atoms with Gasteiger partial charge in [-0.25, -0.2) is 0 Å². The summed E-state index contributed by atoms with van der Waals surface area (Å²) >= 11 is 5.19. The predicted molar refractivity (Wildman–Crippen MR) is 78.0 cm³/mol. The molecule has 2 aromatic rings. The second kappa shape index (κ2) is 5.57. The van der Waals surface area contributed by atoms with E-state index in [0.717, 1.165) is 23.7 Å². The zero-order valence-electron chi connectivity index (χ0n) is 11.7. The Morgan fingerprint density at radius 2 is 2.16 bits per heavy atom. The molecule has 0 fully saturated rings. The molecule has 0 aliphatic heterocycles. The number of nitrogens with zero attached hydrogens (tertiary/aromatic N) is 2. The Morgan fingerprint density at radius 3 is 2.84 bits per heavy atom. The lowest BCUT2D eigenvalue weighted by Crippen LogP contribution is -2.12. The highest BCUT2D eigenvalue weighted by Gasteiger charge is 2.16. The maximum Gasteiger partial charge on any atom is 0.195 e. The molecule has 0 aliphatic carbocycles. The van der Waals surface area contributed by atoms with Crippen molar-refractivity contribution in [2.45, 2.75) is 40.3 Å². The van der Waals surface area contributed by atoms with Gasteiger partial charge in [0.05, 0.1) is 0 Å². The average molecular weight is 277 g/mol. The molecule has 5 heteroatoms. The number of aryl methyl sites for hydroxylation is 1. The first-order valence-electron chi connectivity index (χ1n) is 6.42. The molecule has 0 saturated heterocycles. The zero-order valence-corrected chi connectivity index (χ0v) is 12.5. The van der Waals surface area contributed by atoms with Crippen LogP contribution in [0.5, 0.6) is 5.75 Å². The fourth-order valence-corrected chi connectivity index (χ4v) is 2.31. The Hall–Kier alpha value is -1.62. The number of rotatable bonds is 4. The van der Waals surface area contributed by atoms with E-state index in [4.69, 9.17) is 17.0 Å². The molecule has 1 N–H and O–H groups in total. The largest absolute Gasteiger partial charge is 0.482 e. The van der Waals surface area contributed by atoms with Gasteiger partial charge in [-0.2, -0.15) is 5.10 Å². The number of hydrogen-bond donors (Lipinski definition) is 1. The number of aromatic nitrogens is 3. The van der Waals surface area contributed by atoms with Crippen molar-refractivity contribution >= 4 is 12.2 Å². The van der Waals surface area contributed by atoms with Crippen LogP contribution >= 0.6 is 12.2 Å². The quantitative estimate of drug-likeness (QED) is 0.866. The van der Waals surface area contributed by atoms with E-state index in [1.807, 2.05) is 30.5 Å². The number of H-pyrrole nitrogens is 1. The van der Waals surface area contributed by atoms with Gasteiger partial charge in [0.15, 0.2) is 16.7 Å². The third-order valence-corrected chi connectivity index (χ3v) is 3.64. The third-order valence-electron chi connectivity index (χ3n) is 3.33. The molecule has 2 rings (SSSR count). The van der Waals surface area contributed by atoms with Crippen LogP contribution in [0, 0.1) is 18.6 Å². The molecule has 4 nitrogen and oxygen atoms in total. The van der Waals surface area contributed by atoms with Crippen LogP contribution in [-0.2, 0) is 6.54 Å². The highest BCUT2D eigenvalue weighted by Crippen LogP contribution is 2.26. The number of nitrogens with one attached hydrogen (secondary N) is 1. The molecule has 0 amide bonds. The van der Waals surface area contributed by atoms with Gasteiger partial charge in [-0.15, -0.1) is 0 Å². The molecule has 19 heavy (non-hydrogen) atoms. The van der Waals surface area contributed by atoms with E-state index in [-0.39, 0.29) is 6.10 Å². The topological polar surface area (TPSA) is 42.8 Å². The standard InChI is InChI=1S/C14H19N3OS/c1-5-17-13(15-16-14(17)19)11(4)18-12-8-6-7-9(2)10(12)3/h6-8,11H,5H2,1-4H3,(H,16,19). The molecular weight excluding hydrogens is 258 g/mol. The minimum absolute atomic E-state index is 0.145. The van der Waals surface area contributed by atoms with E-state index < -0.39 is 0 Å². The highest BCUT2D eigenvalue weighted by atomic mass is 32.1. The number of benzene rings is 1. The van der Waals surface area contributed by atoms with Gasteiger partial charge in [0.1, 0.15) is 5.75 Å². The fourth-order valence-electron chi connectivity index (χ4n) is 2.04. The van der Waals surface area contributed by atoms with Crippen molar-refractivity contribution in [3.05, 3.63) is 39.9 Å². The van der Waals surface area contributed by atoms with Gasteiger partial charge in [-0.3, -0.25) is 5.10 Å². The first kappa shape index (κ1) is 13.8. The summed E-state index contributed by atoms with van der Waals surface area (Å²) in [7, 11) is 0. The Morgan fingerprint density at radius 1 is 1.42 bits per heavy atom. The normalized spacial score (nSPS) is 12.4. The monoisotopic (exact) mass is 277 g/mol. The van der Waals surface area contributed by atoms with Crippen LogP contribution < -0.4 is 4.74 Å². The lowest BCUT2D eigenvalue weighted by Gasteiger charge is -2.17. The second-order valence-electron chi connectivity index (χ2n) is 4.59. The van der Waals surface area contributed by atoms with Gasteiger partial charge in [0.25, 0.3) is 0 Å². The van der Waals surface area contributed by atoms with E-state index in [1.165, 1.54) is 5.56 Å². The fraction of sp³-hybridized carbons (Fsp3) is 0.429. The number of hydrogen-bond acceptors (Lipinski definition) is 3. The molecule has 102 valence electrons. The van der Waals surface area contributed by atoms with E-state index in [0.29, 0.717) is 4.77 Å². The van der Waals surface area contributed by atoms with Crippen LogP contribution in [0.1, 0.15) is 36.9 Å². The molecule has 1 aromatic heterocycles. The van der Waals surface area contributed by atoms with Crippen molar-refractivity contribution in [1.82, 2.24) is 14.8 Å². The Kier molecular flexibility index (Phi) is 4.04. The average Bonchev–Trinajstić information content (AvgIpc) is 2.76. The first-order valence-corrected chi connectivity index (χ1v) is 6.83. The molecule has 0 aliphatic rings. The van der Waals surface area contributed by atoms with Gasteiger partial charge >= 0.3 is 0 Å². The summed E-state index contributed by atoms with van der Waals surface area (Å²) in [5.74, 6) is 1.72. The second-order valence-corrected chi connectivity index (χ2v) is 4.98. The van der Waals surface area contributed by atoms with Crippen LogP contribution in [0.2, 0.25) is 0 Å². The summed E-state index contributed by atoms with van der Waals surface area (Å²) in [5.41, 5.74) is 2.38. The number of aromatic amines is 1. The summed E-state index contributed by atoms with van der Waals surface area (Å²) in [5, 5.41) is 7.07. The van der Waals surface area contributed by atoms with E-state index in [9.17, 15) is 0 Å². The lowest BCUT2D eigenvalue weighted by atomic mass is 10.1. The van der Waals surface area contributed by atoms with Crippen molar-refractivity contribution in [2.24, 2.45) is 0 Å². The zero-order chi connectivity index (χ0) is 14.0. The van der Waals surface area contributed by atoms with Crippen LogP contribution in [0.3, 0.4) is 0 Å². The van der Waals surface area contributed by atoms with Crippen molar-refractivity contribution in [2.75, 3.05) is 0 Å². The molecule has 1 unspecified atom stereocenters. The van der Waals surface area contributed by atoms with Gasteiger partial charge in [0.2, 0.25) is 0 Å². The SMILES string of the molecule is CCn1c(C(C)Oc2cccc(C)c2C)n[nH]c1=S. The minimum atomic E-state index is -0.145. The lowest BCUT2D eigenvalue weighted by molar-refractivity contribution is 0.209. The van der Waals surface area contributed by atoms with Crippen LogP contribution in [0.15, 0.2) is 18.2 Å². The Labute approximate surface area is 118 Å². The molecule has 1 aromatic carbocycles. The van der Waals surface area contributed by atoms with E-state index in [1.54, 1.807) is 0 Å². The maximum absolute atomic E-state index is 6.02. The van der Waals surface area contributed by atoms with E-state index >= 15 is 0 Å². The Balaban J connectivity index is 2.28. The molecule has 0 radical (unpaired) electrons. The smallest absolute Gasteiger partial charge is 0.195 e. The van der Waals surface area contributed by atoms with Crippen LogP contribution in [-0.4, -0.2) is 14.8 Å². The highest BCUT2D eigenvalue weighted by molar-refractivity contribution is 7.71. The molecule has 1 atom stereocenters. The van der Waals surface area contributed by atoms with Gasteiger partial charge in [0, 0.05) is 6.54 Å². The summed E-state index contributed by atoms with van der Waals surface area (Å²) in [6.07, 6.45) is -0.145. The van der Waals surface area contributed by atoms with Gasteiger partial charge in [-0.05, 0) is 57.1 Å². The molecular formula is C14H19N3OS. The van der Waals surface area contributed by atoms with Crippen molar-refractivity contribution < 1.29 is 4.74 Å². The first-order chi connectivity index (χ1) is 9.04. The Bertz CT molecular complexity index is 630. The minimum Gasteiger partial charge on any atom is -0.482 e. The number of ether oxygens (including phenoxy) is 1. The van der Waals surface area contributed by atoms with Gasteiger partial charge < -0.3 is 9.30 Å². The molecule has 1 heterocycles. The summed E-state index contributed by atoms with van der Waals surface area (Å²) in [6, 6.07) is 6.06. The predicted octanol–water partition coefficient (Wildman–Crippen LogP) is 3.72. The van der Waals surface area contributed by atoms with Crippen molar-refractivity contribution in [3.8, 4) is 5.75 Å².